The van der Waals surface area contributed by atoms with Crippen molar-refractivity contribution < 1.29 is 9.59 Å². The lowest BCUT2D eigenvalue weighted by Crippen LogP contribution is -2.43. The summed E-state index contributed by atoms with van der Waals surface area (Å²) in [4.78, 5) is 24.0. The Labute approximate surface area is 77.1 Å². The van der Waals surface area contributed by atoms with Crippen molar-refractivity contribution >= 4 is 11.7 Å². The highest BCUT2D eigenvalue weighted by atomic mass is 16.2. The Morgan fingerprint density at radius 1 is 1.46 bits per heavy atom. The summed E-state index contributed by atoms with van der Waals surface area (Å²) in [6, 6.07) is 1.83. The topological polar surface area (TPSA) is 61.2 Å². The second-order valence-electron chi connectivity index (χ2n) is 4.13. The van der Waals surface area contributed by atoms with E-state index in [1.807, 2.05) is 26.8 Å². The molecule has 4 nitrogen and oxygen atoms in total. The maximum atomic E-state index is 11.3. The van der Waals surface area contributed by atoms with E-state index in [0.717, 1.165) is 0 Å². The third-order valence-electron chi connectivity index (χ3n) is 2.10. The minimum Gasteiger partial charge on any atom is -0.329 e. The molecule has 0 bridgehead atoms. The number of ketones is 1. The molecular formula is C9H12N2O2. The van der Waals surface area contributed by atoms with Crippen LogP contribution in [0.25, 0.3) is 0 Å². The van der Waals surface area contributed by atoms with Crippen LogP contribution in [0, 0.1) is 17.2 Å². The van der Waals surface area contributed by atoms with Gasteiger partial charge in [0.25, 0.3) is 5.91 Å². The van der Waals surface area contributed by atoms with Gasteiger partial charge in [-0.15, -0.1) is 0 Å². The normalized spacial score (nSPS) is 23.5. The van der Waals surface area contributed by atoms with Crippen LogP contribution < -0.4 is 0 Å². The number of carbonyl (C=O) groups is 2. The molecule has 1 rings (SSSR count). The molecule has 4 heteroatoms. The lowest BCUT2D eigenvalue weighted by atomic mass is 10.1. The van der Waals surface area contributed by atoms with Gasteiger partial charge in [0, 0.05) is 12.1 Å². The summed E-state index contributed by atoms with van der Waals surface area (Å²) in [7, 11) is 0. The van der Waals surface area contributed by atoms with Gasteiger partial charge in [-0.1, -0.05) is 0 Å². The number of carbonyl (C=O) groups excluding carboxylic acids is 2. The fourth-order valence-electron chi connectivity index (χ4n) is 1.31. The number of nitriles is 1. The van der Waals surface area contributed by atoms with Gasteiger partial charge in [-0.05, 0) is 20.8 Å². The van der Waals surface area contributed by atoms with E-state index in [2.05, 4.69) is 0 Å². The molecule has 0 aromatic carbocycles. The van der Waals surface area contributed by atoms with E-state index in [1.165, 1.54) is 4.90 Å². The van der Waals surface area contributed by atoms with Crippen LogP contribution in [-0.2, 0) is 9.59 Å². The molecule has 0 aromatic rings. The quantitative estimate of drug-likeness (QED) is 0.505. The van der Waals surface area contributed by atoms with Crippen LogP contribution in [0.1, 0.15) is 20.8 Å². The molecule has 0 N–H and O–H groups in total. The number of amides is 1. The average Bonchev–Trinajstić information content (AvgIpc) is 2.28. The van der Waals surface area contributed by atoms with E-state index in [9.17, 15) is 9.59 Å². The molecule has 1 heterocycles. The van der Waals surface area contributed by atoms with Crippen LogP contribution in [0.4, 0.5) is 0 Å². The summed E-state index contributed by atoms with van der Waals surface area (Å²) in [5.74, 6) is -1.87. The molecule has 1 fully saturated rings. The van der Waals surface area contributed by atoms with E-state index in [0.29, 0.717) is 0 Å². The van der Waals surface area contributed by atoms with Crippen molar-refractivity contribution in [2.45, 2.75) is 26.3 Å². The predicted molar refractivity (Wildman–Crippen MR) is 45.6 cm³/mol. The van der Waals surface area contributed by atoms with Crippen molar-refractivity contribution in [3.63, 3.8) is 0 Å². The van der Waals surface area contributed by atoms with Crippen molar-refractivity contribution in [1.82, 2.24) is 4.90 Å². The molecule has 1 amide bonds. The number of likely N-dealkylation sites (tertiary alicyclic amines) is 1. The average molecular weight is 180 g/mol. The second kappa shape index (κ2) is 2.84. The number of hydrogen-bond donors (Lipinski definition) is 0. The van der Waals surface area contributed by atoms with E-state index in [4.69, 9.17) is 5.26 Å². The zero-order valence-corrected chi connectivity index (χ0v) is 8.00. The molecule has 1 aliphatic heterocycles. The molecule has 70 valence electrons. The zero-order chi connectivity index (χ0) is 10.2. The van der Waals surface area contributed by atoms with Crippen molar-refractivity contribution in [3.8, 4) is 6.07 Å². The van der Waals surface area contributed by atoms with Gasteiger partial charge in [0.1, 0.15) is 5.92 Å². The number of hydrogen-bond acceptors (Lipinski definition) is 3. The highest BCUT2D eigenvalue weighted by molar-refractivity contribution is 6.39. The monoisotopic (exact) mass is 180 g/mol. The zero-order valence-electron chi connectivity index (χ0n) is 8.00. The standard InChI is InChI=1S/C9H12N2O2/c1-9(2,3)11-5-6(4-10)7(12)8(11)13/h6H,5H2,1-3H3. The van der Waals surface area contributed by atoms with Gasteiger partial charge in [0.2, 0.25) is 5.78 Å². The van der Waals surface area contributed by atoms with Crippen LogP contribution in [-0.4, -0.2) is 28.7 Å². The first-order chi connectivity index (χ1) is 5.88. The van der Waals surface area contributed by atoms with Crippen LogP contribution in [0.15, 0.2) is 0 Å². The third kappa shape index (κ3) is 1.55. The van der Waals surface area contributed by atoms with E-state index in [1.54, 1.807) is 0 Å². The number of Topliss-reactive ketones (excluding diaryl/α,β-unsaturated/α-hetero) is 1. The first-order valence-corrected chi connectivity index (χ1v) is 4.13. The first kappa shape index (κ1) is 9.72. The molecular weight excluding hydrogens is 168 g/mol. The Morgan fingerprint density at radius 3 is 2.23 bits per heavy atom. The molecule has 0 aromatic heterocycles. The van der Waals surface area contributed by atoms with Crippen LogP contribution in [0.3, 0.4) is 0 Å². The minimum atomic E-state index is -0.772. The first-order valence-electron chi connectivity index (χ1n) is 4.13. The van der Waals surface area contributed by atoms with Gasteiger partial charge in [-0.3, -0.25) is 9.59 Å². The molecule has 0 spiro atoms. The SMILES string of the molecule is CC(C)(C)N1CC(C#N)C(=O)C1=O. The lowest BCUT2D eigenvalue weighted by molar-refractivity contribution is -0.142. The molecule has 0 aliphatic carbocycles. The summed E-state index contributed by atoms with van der Waals surface area (Å²) in [5.41, 5.74) is -0.377. The Kier molecular flexibility index (Phi) is 2.12. The van der Waals surface area contributed by atoms with Crippen LogP contribution in [0.5, 0.6) is 0 Å². The van der Waals surface area contributed by atoms with Gasteiger partial charge in [-0.25, -0.2) is 0 Å². The largest absolute Gasteiger partial charge is 0.329 e. The van der Waals surface area contributed by atoms with Crippen LogP contribution >= 0.6 is 0 Å². The van der Waals surface area contributed by atoms with Gasteiger partial charge in [-0.2, -0.15) is 5.26 Å². The van der Waals surface area contributed by atoms with Gasteiger partial charge in [0.15, 0.2) is 0 Å². The van der Waals surface area contributed by atoms with Crippen LogP contribution in [0.2, 0.25) is 0 Å². The van der Waals surface area contributed by atoms with Crippen molar-refractivity contribution in [2.24, 2.45) is 5.92 Å². The Bertz CT molecular complexity index is 296. The highest BCUT2D eigenvalue weighted by Crippen LogP contribution is 2.22. The molecule has 1 aliphatic rings. The van der Waals surface area contributed by atoms with E-state index in [-0.39, 0.29) is 12.1 Å². The van der Waals surface area contributed by atoms with Crippen molar-refractivity contribution in [2.75, 3.05) is 6.54 Å². The van der Waals surface area contributed by atoms with E-state index >= 15 is 0 Å². The Hall–Kier alpha value is -1.37. The predicted octanol–water partition coefficient (Wildman–Crippen LogP) is 0.336. The highest BCUT2D eigenvalue weighted by Gasteiger charge is 2.43. The molecule has 0 radical (unpaired) electrons. The van der Waals surface area contributed by atoms with Crippen molar-refractivity contribution in [1.29, 1.82) is 5.26 Å². The molecule has 1 atom stereocenters. The molecule has 1 saturated heterocycles. The fourth-order valence-corrected chi connectivity index (χ4v) is 1.31. The van der Waals surface area contributed by atoms with Crippen molar-refractivity contribution in [3.05, 3.63) is 0 Å². The summed E-state index contributed by atoms with van der Waals surface area (Å²) in [6.45, 7) is 5.77. The number of nitrogens with zero attached hydrogens (tertiary/aromatic N) is 2. The summed E-state index contributed by atoms with van der Waals surface area (Å²) < 4.78 is 0. The lowest BCUT2D eigenvalue weighted by Gasteiger charge is -2.30. The second-order valence-corrected chi connectivity index (χ2v) is 4.13. The summed E-state index contributed by atoms with van der Waals surface area (Å²) in [5, 5.41) is 8.59. The van der Waals surface area contributed by atoms with Gasteiger partial charge >= 0.3 is 0 Å². The summed E-state index contributed by atoms with van der Waals surface area (Å²) in [6.07, 6.45) is 0. The third-order valence-corrected chi connectivity index (χ3v) is 2.10. The fraction of sp³-hybridized carbons (Fsp3) is 0.667. The Morgan fingerprint density at radius 2 is 2.00 bits per heavy atom. The maximum Gasteiger partial charge on any atom is 0.291 e. The minimum absolute atomic E-state index is 0.234. The molecule has 1 unspecified atom stereocenters. The maximum absolute atomic E-state index is 11.3. The van der Waals surface area contributed by atoms with Gasteiger partial charge < -0.3 is 4.90 Å². The molecule has 13 heavy (non-hydrogen) atoms. The number of rotatable bonds is 0. The van der Waals surface area contributed by atoms with Gasteiger partial charge in [0.05, 0.1) is 6.07 Å². The Balaban J connectivity index is 2.92. The smallest absolute Gasteiger partial charge is 0.291 e. The summed E-state index contributed by atoms with van der Waals surface area (Å²) >= 11 is 0. The molecule has 0 saturated carbocycles. The van der Waals surface area contributed by atoms with E-state index < -0.39 is 17.6 Å².